The van der Waals surface area contributed by atoms with Gasteiger partial charge in [-0.3, -0.25) is 0 Å². The lowest BCUT2D eigenvalue weighted by Gasteiger charge is -2.20. The fourth-order valence-corrected chi connectivity index (χ4v) is 2.52. The highest BCUT2D eigenvalue weighted by molar-refractivity contribution is 5.60. The van der Waals surface area contributed by atoms with Crippen molar-refractivity contribution >= 4 is 5.69 Å². The van der Waals surface area contributed by atoms with Crippen LogP contribution in [-0.4, -0.2) is 33.4 Å². The van der Waals surface area contributed by atoms with E-state index in [0.717, 1.165) is 36.7 Å². The van der Waals surface area contributed by atoms with E-state index in [1.54, 1.807) is 14.2 Å². The van der Waals surface area contributed by atoms with Gasteiger partial charge in [0.25, 0.3) is 0 Å². The minimum Gasteiger partial charge on any atom is -0.493 e. The van der Waals surface area contributed by atoms with Gasteiger partial charge in [0.15, 0.2) is 11.5 Å². The Morgan fingerprint density at radius 2 is 1.84 bits per heavy atom. The number of aryl methyl sites for hydroxylation is 1. The predicted octanol–water partition coefficient (Wildman–Crippen LogP) is 2.57. The fraction of sp³-hybridized carbons (Fsp3) is 0.600. The largest absolute Gasteiger partial charge is 0.493 e. The average Bonchev–Trinajstić information content (AvgIpc) is 2.69. The molecule has 1 saturated heterocycles. The number of hydrogen-bond donors (Lipinski definition) is 2. The first-order chi connectivity index (χ1) is 9.24. The first-order valence-corrected chi connectivity index (χ1v) is 6.94. The second kappa shape index (κ2) is 6.66. The van der Waals surface area contributed by atoms with Gasteiger partial charge in [-0.25, -0.2) is 0 Å². The lowest BCUT2D eigenvalue weighted by atomic mass is 10.1. The molecule has 1 heterocycles. The molecule has 0 amide bonds. The lowest BCUT2D eigenvalue weighted by molar-refractivity contribution is 0.355. The van der Waals surface area contributed by atoms with Crippen LogP contribution in [0.5, 0.6) is 11.5 Å². The van der Waals surface area contributed by atoms with Gasteiger partial charge in [0.1, 0.15) is 0 Å². The maximum absolute atomic E-state index is 5.37. The molecule has 106 valence electrons. The number of hydrogen-bond acceptors (Lipinski definition) is 4. The van der Waals surface area contributed by atoms with E-state index in [9.17, 15) is 0 Å². The first-order valence-electron chi connectivity index (χ1n) is 6.94. The molecule has 1 atom stereocenters. The van der Waals surface area contributed by atoms with Gasteiger partial charge >= 0.3 is 0 Å². The van der Waals surface area contributed by atoms with Gasteiger partial charge in [0.2, 0.25) is 0 Å². The summed E-state index contributed by atoms with van der Waals surface area (Å²) in [6, 6.07) is 4.59. The smallest absolute Gasteiger partial charge is 0.162 e. The number of methoxy groups -OCH3 is 2. The van der Waals surface area contributed by atoms with E-state index in [-0.39, 0.29) is 0 Å². The number of ether oxygens (including phenoxy) is 2. The second-order valence-corrected chi connectivity index (χ2v) is 5.04. The van der Waals surface area contributed by atoms with Crippen molar-refractivity contribution in [3.05, 3.63) is 17.7 Å². The van der Waals surface area contributed by atoms with Gasteiger partial charge in [-0.05, 0) is 50.9 Å². The Kier molecular flexibility index (Phi) is 4.91. The third-order valence-corrected chi connectivity index (χ3v) is 3.67. The van der Waals surface area contributed by atoms with Crippen LogP contribution in [0.15, 0.2) is 12.1 Å². The Morgan fingerprint density at radius 1 is 1.11 bits per heavy atom. The summed E-state index contributed by atoms with van der Waals surface area (Å²) < 4.78 is 10.7. The Morgan fingerprint density at radius 3 is 2.58 bits per heavy atom. The summed E-state index contributed by atoms with van der Waals surface area (Å²) in [5, 5.41) is 7.07. The average molecular weight is 264 g/mol. The number of benzene rings is 1. The van der Waals surface area contributed by atoms with Crippen LogP contribution in [0.4, 0.5) is 5.69 Å². The SMILES string of the molecule is COc1cc(C)c(NC2CCCNCC2)cc1OC. The van der Waals surface area contributed by atoms with Crippen LogP contribution in [0.25, 0.3) is 0 Å². The van der Waals surface area contributed by atoms with Crippen molar-refractivity contribution in [3.8, 4) is 11.5 Å². The van der Waals surface area contributed by atoms with Crippen LogP contribution in [0.1, 0.15) is 24.8 Å². The van der Waals surface area contributed by atoms with Gasteiger partial charge in [0.05, 0.1) is 14.2 Å². The molecule has 1 aliphatic rings. The summed E-state index contributed by atoms with van der Waals surface area (Å²) in [4.78, 5) is 0. The van der Waals surface area contributed by atoms with Gasteiger partial charge in [-0.1, -0.05) is 0 Å². The summed E-state index contributed by atoms with van der Waals surface area (Å²) in [7, 11) is 3.34. The molecule has 0 saturated carbocycles. The van der Waals surface area contributed by atoms with E-state index in [4.69, 9.17) is 9.47 Å². The van der Waals surface area contributed by atoms with Crippen LogP contribution >= 0.6 is 0 Å². The van der Waals surface area contributed by atoms with E-state index < -0.39 is 0 Å². The number of rotatable bonds is 4. The molecule has 1 unspecified atom stereocenters. The van der Waals surface area contributed by atoms with E-state index in [1.165, 1.54) is 18.4 Å². The van der Waals surface area contributed by atoms with Crippen LogP contribution in [0.3, 0.4) is 0 Å². The highest BCUT2D eigenvalue weighted by atomic mass is 16.5. The number of anilines is 1. The maximum Gasteiger partial charge on any atom is 0.162 e. The Hall–Kier alpha value is -1.42. The monoisotopic (exact) mass is 264 g/mol. The fourth-order valence-electron chi connectivity index (χ4n) is 2.52. The normalized spacial score (nSPS) is 19.6. The summed E-state index contributed by atoms with van der Waals surface area (Å²) in [5.74, 6) is 1.57. The van der Waals surface area contributed by atoms with Crippen molar-refractivity contribution in [2.75, 3.05) is 32.6 Å². The minimum atomic E-state index is 0.534. The van der Waals surface area contributed by atoms with Crippen molar-refractivity contribution in [2.24, 2.45) is 0 Å². The highest BCUT2D eigenvalue weighted by Crippen LogP contribution is 2.33. The molecule has 0 spiro atoms. The zero-order valence-electron chi connectivity index (χ0n) is 12.1. The molecular weight excluding hydrogens is 240 g/mol. The first kappa shape index (κ1) is 14.0. The van der Waals surface area contributed by atoms with E-state index >= 15 is 0 Å². The predicted molar refractivity (Wildman–Crippen MR) is 78.4 cm³/mol. The Bertz CT molecular complexity index is 413. The van der Waals surface area contributed by atoms with Crippen LogP contribution in [-0.2, 0) is 0 Å². The Balaban J connectivity index is 2.14. The standard InChI is InChI=1S/C15H24N2O2/c1-11-9-14(18-2)15(19-3)10-13(11)17-12-5-4-7-16-8-6-12/h9-10,12,16-17H,4-8H2,1-3H3. The van der Waals surface area contributed by atoms with Crippen LogP contribution in [0.2, 0.25) is 0 Å². The molecule has 19 heavy (non-hydrogen) atoms. The zero-order chi connectivity index (χ0) is 13.7. The van der Waals surface area contributed by atoms with Crippen molar-refractivity contribution in [2.45, 2.75) is 32.2 Å². The van der Waals surface area contributed by atoms with Gasteiger partial charge in [-0.2, -0.15) is 0 Å². The molecule has 4 nitrogen and oxygen atoms in total. The molecule has 4 heteroatoms. The topological polar surface area (TPSA) is 42.5 Å². The minimum absolute atomic E-state index is 0.534. The van der Waals surface area contributed by atoms with Crippen LogP contribution < -0.4 is 20.1 Å². The maximum atomic E-state index is 5.37. The van der Waals surface area contributed by atoms with E-state index in [2.05, 4.69) is 17.6 Å². The van der Waals surface area contributed by atoms with Crippen molar-refractivity contribution in [3.63, 3.8) is 0 Å². The molecule has 0 radical (unpaired) electrons. The summed E-state index contributed by atoms with van der Waals surface area (Å²) in [6.45, 7) is 4.31. The molecule has 0 bridgehead atoms. The molecule has 0 aromatic heterocycles. The van der Waals surface area contributed by atoms with Gasteiger partial charge in [-0.15, -0.1) is 0 Å². The van der Waals surface area contributed by atoms with E-state index in [0.29, 0.717) is 6.04 Å². The quantitative estimate of drug-likeness (QED) is 0.877. The van der Waals surface area contributed by atoms with E-state index in [1.807, 2.05) is 12.1 Å². The third-order valence-electron chi connectivity index (χ3n) is 3.67. The highest BCUT2D eigenvalue weighted by Gasteiger charge is 2.14. The van der Waals surface area contributed by atoms with Crippen molar-refractivity contribution in [1.29, 1.82) is 0 Å². The molecule has 1 aliphatic heterocycles. The molecule has 2 rings (SSSR count). The van der Waals surface area contributed by atoms with Gasteiger partial charge < -0.3 is 20.1 Å². The molecule has 1 fully saturated rings. The molecule has 2 N–H and O–H groups in total. The van der Waals surface area contributed by atoms with Crippen LogP contribution in [0, 0.1) is 6.92 Å². The second-order valence-electron chi connectivity index (χ2n) is 5.04. The zero-order valence-corrected chi connectivity index (χ0v) is 12.1. The molecule has 1 aromatic rings. The van der Waals surface area contributed by atoms with Crippen molar-refractivity contribution < 1.29 is 9.47 Å². The van der Waals surface area contributed by atoms with Gasteiger partial charge in [0, 0.05) is 17.8 Å². The Labute approximate surface area is 115 Å². The lowest BCUT2D eigenvalue weighted by Crippen LogP contribution is -2.22. The summed E-state index contributed by atoms with van der Waals surface area (Å²) in [6.07, 6.45) is 3.60. The number of nitrogens with one attached hydrogen (secondary N) is 2. The summed E-state index contributed by atoms with van der Waals surface area (Å²) in [5.41, 5.74) is 2.33. The summed E-state index contributed by atoms with van der Waals surface area (Å²) >= 11 is 0. The molecule has 0 aliphatic carbocycles. The molecule has 1 aromatic carbocycles. The van der Waals surface area contributed by atoms with Crippen molar-refractivity contribution in [1.82, 2.24) is 5.32 Å². The molecular formula is C15H24N2O2. The third kappa shape index (κ3) is 3.53.